The summed E-state index contributed by atoms with van der Waals surface area (Å²) in [5.74, 6) is -1.44. The maximum atomic E-state index is 10.5. The maximum absolute atomic E-state index is 10.5. The van der Waals surface area contributed by atoms with E-state index in [1.165, 1.54) is 6.26 Å². The van der Waals surface area contributed by atoms with Crippen LogP contribution in [0.2, 0.25) is 0 Å². The summed E-state index contributed by atoms with van der Waals surface area (Å²) in [6, 6.07) is 0. The summed E-state index contributed by atoms with van der Waals surface area (Å²) in [5, 5.41) is 0. The van der Waals surface area contributed by atoms with Crippen molar-refractivity contribution in [1.29, 1.82) is 0 Å². The Bertz CT molecular complexity index is 162. The van der Waals surface area contributed by atoms with Crippen molar-refractivity contribution in [3.05, 3.63) is 12.8 Å². The van der Waals surface area contributed by atoms with Crippen molar-refractivity contribution in [2.45, 2.75) is 6.92 Å². The van der Waals surface area contributed by atoms with Crippen LogP contribution in [0.15, 0.2) is 12.8 Å². The molecular formula is C7H10O4. The molecule has 0 atom stereocenters. The summed E-state index contributed by atoms with van der Waals surface area (Å²) in [6.07, 6.45) is 1.24. The van der Waals surface area contributed by atoms with Crippen LogP contribution < -0.4 is 0 Å². The third kappa shape index (κ3) is 5.14. The van der Waals surface area contributed by atoms with Crippen LogP contribution in [-0.4, -0.2) is 25.0 Å². The molecule has 0 rings (SSSR count). The molecule has 0 spiro atoms. The fourth-order valence-electron chi connectivity index (χ4n) is 0.367. The van der Waals surface area contributed by atoms with E-state index < -0.39 is 11.8 Å². The standard InChI is InChI=1S/C7H10O4/c1-3-10-4-5-11-7(9)6(2)8/h3H,1,4-5H2,2H3. The van der Waals surface area contributed by atoms with E-state index in [-0.39, 0.29) is 13.2 Å². The topological polar surface area (TPSA) is 52.6 Å². The van der Waals surface area contributed by atoms with Crippen molar-refractivity contribution in [3.63, 3.8) is 0 Å². The van der Waals surface area contributed by atoms with E-state index in [1.807, 2.05) is 0 Å². The van der Waals surface area contributed by atoms with Crippen LogP contribution in [0.25, 0.3) is 0 Å². The van der Waals surface area contributed by atoms with Crippen molar-refractivity contribution in [2.75, 3.05) is 13.2 Å². The Hall–Kier alpha value is -1.32. The first-order valence-corrected chi connectivity index (χ1v) is 3.08. The highest BCUT2D eigenvalue weighted by molar-refractivity contribution is 6.32. The zero-order chi connectivity index (χ0) is 8.69. The molecule has 0 N–H and O–H groups in total. The van der Waals surface area contributed by atoms with Gasteiger partial charge in [-0.25, -0.2) is 4.79 Å². The number of carbonyl (C=O) groups excluding carboxylic acids is 2. The summed E-state index contributed by atoms with van der Waals surface area (Å²) in [5.41, 5.74) is 0. The largest absolute Gasteiger partial charge is 0.498 e. The number of hydrogen-bond donors (Lipinski definition) is 0. The lowest BCUT2D eigenvalue weighted by molar-refractivity contribution is -0.153. The van der Waals surface area contributed by atoms with Crippen LogP contribution in [0.4, 0.5) is 0 Å². The number of Topliss-reactive ketones (excluding diaryl/α,β-unsaturated/α-hetero) is 1. The van der Waals surface area contributed by atoms with E-state index in [2.05, 4.69) is 16.1 Å². The molecule has 4 heteroatoms. The van der Waals surface area contributed by atoms with E-state index in [9.17, 15) is 9.59 Å². The van der Waals surface area contributed by atoms with Crippen LogP contribution in [0.1, 0.15) is 6.92 Å². The third-order valence-corrected chi connectivity index (χ3v) is 0.840. The van der Waals surface area contributed by atoms with Gasteiger partial charge in [-0.3, -0.25) is 4.79 Å². The Kier molecular flexibility index (Phi) is 4.81. The quantitative estimate of drug-likeness (QED) is 0.249. The number of hydrogen-bond acceptors (Lipinski definition) is 4. The molecule has 0 saturated carbocycles. The summed E-state index contributed by atoms with van der Waals surface area (Å²) >= 11 is 0. The third-order valence-electron chi connectivity index (χ3n) is 0.840. The minimum absolute atomic E-state index is 0.0738. The normalized spacial score (nSPS) is 8.45. The Labute approximate surface area is 64.8 Å². The van der Waals surface area contributed by atoms with Gasteiger partial charge in [0.25, 0.3) is 0 Å². The molecule has 4 nitrogen and oxygen atoms in total. The van der Waals surface area contributed by atoms with Gasteiger partial charge in [0.05, 0.1) is 6.26 Å². The molecule has 0 aromatic heterocycles. The van der Waals surface area contributed by atoms with Crippen LogP contribution in [-0.2, 0) is 19.1 Å². The molecule has 0 aliphatic carbocycles. The Morgan fingerprint density at radius 2 is 2.09 bits per heavy atom. The van der Waals surface area contributed by atoms with Gasteiger partial charge in [0.1, 0.15) is 13.2 Å². The minimum atomic E-state index is -0.835. The highest BCUT2D eigenvalue weighted by atomic mass is 16.6. The molecule has 0 heterocycles. The van der Waals surface area contributed by atoms with Crippen molar-refractivity contribution < 1.29 is 19.1 Å². The van der Waals surface area contributed by atoms with Crippen LogP contribution >= 0.6 is 0 Å². The van der Waals surface area contributed by atoms with Gasteiger partial charge in [-0.05, 0) is 0 Å². The molecule has 11 heavy (non-hydrogen) atoms. The van der Waals surface area contributed by atoms with E-state index in [0.717, 1.165) is 6.92 Å². The average Bonchev–Trinajstić information content (AvgIpc) is 1.97. The highest BCUT2D eigenvalue weighted by Gasteiger charge is 2.07. The summed E-state index contributed by atoms with van der Waals surface area (Å²) in [7, 11) is 0. The van der Waals surface area contributed by atoms with E-state index in [1.54, 1.807) is 0 Å². The van der Waals surface area contributed by atoms with Crippen molar-refractivity contribution in [3.8, 4) is 0 Å². The highest BCUT2D eigenvalue weighted by Crippen LogP contribution is 1.81. The van der Waals surface area contributed by atoms with Gasteiger partial charge in [-0.15, -0.1) is 0 Å². The molecule has 0 aliphatic heterocycles. The van der Waals surface area contributed by atoms with Crippen molar-refractivity contribution >= 4 is 11.8 Å². The molecule has 0 unspecified atom stereocenters. The smallest absolute Gasteiger partial charge is 0.374 e. The van der Waals surface area contributed by atoms with Gasteiger partial charge < -0.3 is 9.47 Å². The van der Waals surface area contributed by atoms with Crippen molar-refractivity contribution in [1.82, 2.24) is 0 Å². The molecule has 0 bridgehead atoms. The Balaban J connectivity index is 3.31. The van der Waals surface area contributed by atoms with Gasteiger partial charge in [0, 0.05) is 6.92 Å². The zero-order valence-electron chi connectivity index (χ0n) is 6.33. The lowest BCUT2D eigenvalue weighted by atomic mass is 10.5. The van der Waals surface area contributed by atoms with E-state index >= 15 is 0 Å². The van der Waals surface area contributed by atoms with Gasteiger partial charge >= 0.3 is 5.97 Å². The number of carbonyl (C=O) groups is 2. The molecule has 0 fully saturated rings. The molecule has 0 radical (unpaired) electrons. The lowest BCUT2D eigenvalue weighted by Crippen LogP contribution is -2.16. The fourth-order valence-corrected chi connectivity index (χ4v) is 0.367. The molecule has 0 amide bonds. The molecular weight excluding hydrogens is 148 g/mol. The number of esters is 1. The van der Waals surface area contributed by atoms with Gasteiger partial charge in [0.2, 0.25) is 5.78 Å². The SMILES string of the molecule is C=COCCOC(=O)C(C)=O. The second kappa shape index (κ2) is 5.46. The Morgan fingerprint density at radius 3 is 2.55 bits per heavy atom. The zero-order valence-corrected chi connectivity index (χ0v) is 6.33. The minimum Gasteiger partial charge on any atom is -0.498 e. The lowest BCUT2D eigenvalue weighted by Gasteiger charge is -2.00. The fraction of sp³-hybridized carbons (Fsp3) is 0.429. The summed E-state index contributed by atoms with van der Waals surface area (Å²) < 4.78 is 9.08. The predicted molar refractivity (Wildman–Crippen MR) is 37.8 cm³/mol. The first-order chi connectivity index (χ1) is 5.18. The molecule has 0 aromatic carbocycles. The van der Waals surface area contributed by atoms with E-state index in [0.29, 0.717) is 0 Å². The Morgan fingerprint density at radius 1 is 1.45 bits per heavy atom. The summed E-state index contributed by atoms with van der Waals surface area (Å²) in [6.45, 7) is 4.73. The number of rotatable bonds is 5. The monoisotopic (exact) mass is 158 g/mol. The predicted octanol–water partition coefficient (Wildman–Crippen LogP) is 0.279. The van der Waals surface area contributed by atoms with Crippen LogP contribution in [0.3, 0.4) is 0 Å². The average molecular weight is 158 g/mol. The second-order valence-corrected chi connectivity index (χ2v) is 1.73. The molecule has 0 aromatic rings. The molecule has 62 valence electrons. The first-order valence-electron chi connectivity index (χ1n) is 3.08. The van der Waals surface area contributed by atoms with Gasteiger partial charge in [-0.2, -0.15) is 0 Å². The molecule has 0 saturated heterocycles. The second-order valence-electron chi connectivity index (χ2n) is 1.73. The van der Waals surface area contributed by atoms with Gasteiger partial charge in [-0.1, -0.05) is 6.58 Å². The van der Waals surface area contributed by atoms with Crippen molar-refractivity contribution in [2.24, 2.45) is 0 Å². The summed E-state index contributed by atoms with van der Waals surface area (Å²) in [4.78, 5) is 20.7. The van der Waals surface area contributed by atoms with Crippen LogP contribution in [0, 0.1) is 0 Å². The van der Waals surface area contributed by atoms with Gasteiger partial charge in [0.15, 0.2) is 0 Å². The first kappa shape index (κ1) is 9.68. The number of ketones is 1. The molecule has 0 aliphatic rings. The number of ether oxygens (including phenoxy) is 2. The van der Waals surface area contributed by atoms with Crippen LogP contribution in [0.5, 0.6) is 0 Å². The van der Waals surface area contributed by atoms with E-state index in [4.69, 9.17) is 0 Å². The maximum Gasteiger partial charge on any atom is 0.374 e.